The lowest BCUT2D eigenvalue weighted by Gasteiger charge is -2.08. The van der Waals surface area contributed by atoms with Crippen LogP contribution in [0.3, 0.4) is 0 Å². The molecule has 106 valence electrons. The highest BCUT2D eigenvalue weighted by Crippen LogP contribution is 2.19. The minimum Gasteiger partial charge on any atom is -0.446 e. The summed E-state index contributed by atoms with van der Waals surface area (Å²) in [5, 5.41) is 2.89. The molecule has 0 saturated carbocycles. The molecular weight excluding hydrogens is 320 g/mol. The van der Waals surface area contributed by atoms with Crippen LogP contribution in [-0.2, 0) is 17.6 Å². The summed E-state index contributed by atoms with van der Waals surface area (Å²) in [5.74, 6) is 1.13. The van der Waals surface area contributed by atoms with Crippen LogP contribution in [0.2, 0.25) is 0 Å². The second-order valence-corrected chi connectivity index (χ2v) is 5.50. The van der Waals surface area contributed by atoms with Gasteiger partial charge in [0.1, 0.15) is 5.76 Å². The topological polar surface area (TPSA) is 55.1 Å². The molecule has 0 fully saturated rings. The van der Waals surface area contributed by atoms with E-state index in [-0.39, 0.29) is 12.3 Å². The maximum Gasteiger partial charge on any atom is 0.227 e. The third-order valence-corrected chi connectivity index (χ3v) is 3.96. The minimum atomic E-state index is -0.0474. The second kappa shape index (κ2) is 6.70. The fourth-order valence-corrected chi connectivity index (χ4v) is 2.37. The zero-order valence-corrected chi connectivity index (χ0v) is 13.2. The number of nitrogens with one attached hydrogen (secondary N) is 1. The molecule has 4 nitrogen and oxygen atoms in total. The first-order valence-electron chi connectivity index (χ1n) is 6.48. The summed E-state index contributed by atoms with van der Waals surface area (Å²) in [6, 6.07) is 6.10. The first kappa shape index (κ1) is 14.8. The van der Waals surface area contributed by atoms with Gasteiger partial charge in [0.15, 0.2) is 5.89 Å². The van der Waals surface area contributed by atoms with Crippen LogP contribution >= 0.6 is 15.9 Å². The molecule has 1 aromatic heterocycles. The molecule has 2 aromatic rings. The number of aromatic nitrogens is 1. The number of aryl methyl sites for hydroxylation is 1. The maximum absolute atomic E-state index is 11.8. The van der Waals surface area contributed by atoms with Gasteiger partial charge in [-0.05, 0) is 30.5 Å². The average Bonchev–Trinajstić information content (AvgIpc) is 2.80. The first-order chi connectivity index (χ1) is 9.56. The smallest absolute Gasteiger partial charge is 0.227 e. The van der Waals surface area contributed by atoms with Crippen LogP contribution in [0.4, 0.5) is 0 Å². The van der Waals surface area contributed by atoms with Crippen LogP contribution in [-0.4, -0.2) is 17.4 Å². The van der Waals surface area contributed by atoms with Gasteiger partial charge in [-0.25, -0.2) is 4.98 Å². The van der Waals surface area contributed by atoms with Gasteiger partial charge in [-0.1, -0.05) is 28.1 Å². The molecular formula is C15H17BrN2O2. The van der Waals surface area contributed by atoms with Crippen molar-refractivity contribution in [3.05, 3.63) is 51.6 Å². The highest BCUT2D eigenvalue weighted by atomic mass is 79.9. The molecule has 1 heterocycles. The summed E-state index contributed by atoms with van der Waals surface area (Å²) in [5.41, 5.74) is 2.45. The van der Waals surface area contributed by atoms with E-state index in [9.17, 15) is 4.79 Å². The standard InChI is InChI=1S/C15H17BrN2O2/c1-10-12(4-3-5-14(10)16)6-7-17-15(19)8-13-9-18-11(2)20-13/h3-5,9H,6-8H2,1-2H3,(H,17,19). The Hall–Kier alpha value is -1.62. The van der Waals surface area contributed by atoms with Crippen molar-refractivity contribution in [3.8, 4) is 0 Å². The summed E-state index contributed by atoms with van der Waals surface area (Å²) in [7, 11) is 0. The van der Waals surface area contributed by atoms with Gasteiger partial charge in [0.2, 0.25) is 5.91 Å². The lowest BCUT2D eigenvalue weighted by Crippen LogP contribution is -2.27. The third-order valence-electron chi connectivity index (χ3n) is 3.10. The van der Waals surface area contributed by atoms with E-state index in [1.807, 2.05) is 12.1 Å². The zero-order valence-electron chi connectivity index (χ0n) is 11.6. The Labute approximate surface area is 126 Å². The fourth-order valence-electron chi connectivity index (χ4n) is 1.97. The van der Waals surface area contributed by atoms with Crippen molar-refractivity contribution in [2.45, 2.75) is 26.7 Å². The molecule has 20 heavy (non-hydrogen) atoms. The van der Waals surface area contributed by atoms with E-state index in [0.29, 0.717) is 18.2 Å². The van der Waals surface area contributed by atoms with Crippen molar-refractivity contribution in [1.29, 1.82) is 0 Å². The Bertz CT molecular complexity index is 608. The van der Waals surface area contributed by atoms with Crippen LogP contribution in [0.15, 0.2) is 33.3 Å². The maximum atomic E-state index is 11.8. The van der Waals surface area contributed by atoms with Crippen molar-refractivity contribution >= 4 is 21.8 Å². The Morgan fingerprint density at radius 1 is 1.40 bits per heavy atom. The quantitative estimate of drug-likeness (QED) is 0.913. The number of oxazole rings is 1. The Morgan fingerprint density at radius 3 is 2.90 bits per heavy atom. The van der Waals surface area contributed by atoms with Crippen LogP contribution < -0.4 is 5.32 Å². The Balaban J connectivity index is 1.81. The summed E-state index contributed by atoms with van der Waals surface area (Å²) in [6.07, 6.45) is 2.64. The molecule has 0 aliphatic carbocycles. The molecule has 1 N–H and O–H groups in total. The van der Waals surface area contributed by atoms with Crippen molar-refractivity contribution in [3.63, 3.8) is 0 Å². The van der Waals surface area contributed by atoms with Crippen molar-refractivity contribution in [2.75, 3.05) is 6.54 Å². The molecule has 2 rings (SSSR count). The van der Waals surface area contributed by atoms with E-state index < -0.39 is 0 Å². The average molecular weight is 337 g/mol. The second-order valence-electron chi connectivity index (χ2n) is 4.65. The van der Waals surface area contributed by atoms with Gasteiger partial charge in [0, 0.05) is 17.9 Å². The zero-order chi connectivity index (χ0) is 14.5. The number of halogens is 1. The number of carbonyl (C=O) groups is 1. The summed E-state index contributed by atoms with van der Waals surface area (Å²) in [6.45, 7) is 4.44. The van der Waals surface area contributed by atoms with Gasteiger partial charge in [0.25, 0.3) is 0 Å². The van der Waals surface area contributed by atoms with E-state index in [0.717, 1.165) is 10.9 Å². The SMILES string of the molecule is Cc1ncc(CC(=O)NCCc2cccc(Br)c2C)o1. The molecule has 0 radical (unpaired) electrons. The van der Waals surface area contributed by atoms with Crippen LogP contribution in [0.1, 0.15) is 22.8 Å². The number of hydrogen-bond donors (Lipinski definition) is 1. The minimum absolute atomic E-state index is 0.0474. The highest BCUT2D eigenvalue weighted by molar-refractivity contribution is 9.10. The van der Waals surface area contributed by atoms with Crippen LogP contribution in [0.25, 0.3) is 0 Å². The van der Waals surface area contributed by atoms with Gasteiger partial charge in [0.05, 0.1) is 12.6 Å². The van der Waals surface area contributed by atoms with Crippen molar-refractivity contribution in [1.82, 2.24) is 10.3 Å². The van der Waals surface area contributed by atoms with Gasteiger partial charge in [-0.15, -0.1) is 0 Å². The number of amides is 1. The molecule has 0 spiro atoms. The normalized spacial score (nSPS) is 10.6. The largest absolute Gasteiger partial charge is 0.446 e. The molecule has 1 amide bonds. The fraction of sp³-hybridized carbons (Fsp3) is 0.333. The molecule has 0 bridgehead atoms. The third kappa shape index (κ3) is 3.93. The first-order valence-corrected chi connectivity index (χ1v) is 7.27. The molecule has 0 unspecified atom stereocenters. The van der Waals surface area contributed by atoms with E-state index in [4.69, 9.17) is 4.42 Å². The number of rotatable bonds is 5. The van der Waals surface area contributed by atoms with Gasteiger partial charge < -0.3 is 9.73 Å². The predicted molar refractivity (Wildman–Crippen MR) is 80.5 cm³/mol. The van der Waals surface area contributed by atoms with E-state index >= 15 is 0 Å². The monoisotopic (exact) mass is 336 g/mol. The molecule has 0 saturated heterocycles. The molecule has 0 aliphatic heterocycles. The van der Waals surface area contributed by atoms with Gasteiger partial charge in [-0.3, -0.25) is 4.79 Å². The van der Waals surface area contributed by atoms with E-state index in [1.165, 1.54) is 11.1 Å². The van der Waals surface area contributed by atoms with Crippen LogP contribution in [0.5, 0.6) is 0 Å². The lowest BCUT2D eigenvalue weighted by molar-refractivity contribution is -0.120. The van der Waals surface area contributed by atoms with Crippen LogP contribution in [0, 0.1) is 13.8 Å². The molecule has 5 heteroatoms. The Kier molecular flexibility index (Phi) is 4.95. The van der Waals surface area contributed by atoms with Crippen molar-refractivity contribution in [2.24, 2.45) is 0 Å². The number of benzene rings is 1. The summed E-state index contributed by atoms with van der Waals surface area (Å²) < 4.78 is 6.37. The van der Waals surface area contributed by atoms with Gasteiger partial charge >= 0.3 is 0 Å². The molecule has 1 aromatic carbocycles. The lowest BCUT2D eigenvalue weighted by atomic mass is 10.1. The van der Waals surface area contributed by atoms with E-state index in [1.54, 1.807) is 13.1 Å². The molecule has 0 aliphatic rings. The number of carbonyl (C=O) groups excluding carboxylic acids is 1. The van der Waals surface area contributed by atoms with E-state index in [2.05, 4.69) is 39.2 Å². The Morgan fingerprint density at radius 2 is 2.20 bits per heavy atom. The van der Waals surface area contributed by atoms with Crippen molar-refractivity contribution < 1.29 is 9.21 Å². The predicted octanol–water partition coefficient (Wildman–Crippen LogP) is 2.96. The summed E-state index contributed by atoms with van der Waals surface area (Å²) >= 11 is 3.51. The highest BCUT2D eigenvalue weighted by Gasteiger charge is 2.08. The molecule has 0 atom stereocenters. The summed E-state index contributed by atoms with van der Waals surface area (Å²) in [4.78, 5) is 15.7. The number of nitrogens with zero attached hydrogens (tertiary/aromatic N) is 1. The van der Waals surface area contributed by atoms with Gasteiger partial charge in [-0.2, -0.15) is 0 Å². The number of hydrogen-bond acceptors (Lipinski definition) is 3.